The fourth-order valence-corrected chi connectivity index (χ4v) is 2.55. The molecule has 1 N–H and O–H groups in total. The Hall–Kier alpha value is -2.51. The monoisotopic (exact) mass is 371 g/mol. The van der Waals surface area contributed by atoms with Crippen molar-refractivity contribution < 1.29 is 32.2 Å². The number of benzene rings is 1. The first-order valence-corrected chi connectivity index (χ1v) is 8.31. The van der Waals surface area contributed by atoms with Crippen LogP contribution in [0.25, 0.3) is 0 Å². The van der Waals surface area contributed by atoms with Crippen LogP contribution < -0.4 is 10.1 Å². The van der Waals surface area contributed by atoms with Crippen LogP contribution in [0.3, 0.4) is 0 Å². The summed E-state index contributed by atoms with van der Waals surface area (Å²) in [5, 5.41) is 2.67. The second-order valence-electron chi connectivity index (χ2n) is 5.86. The Bertz CT molecular complexity index is 653. The first-order valence-electron chi connectivity index (χ1n) is 8.31. The van der Waals surface area contributed by atoms with Gasteiger partial charge < -0.3 is 14.8 Å². The lowest BCUT2D eigenvalue weighted by Crippen LogP contribution is -2.29. The number of alkyl halides is 3. The van der Waals surface area contributed by atoms with Crippen LogP contribution in [0, 0.1) is 0 Å². The van der Waals surface area contributed by atoms with Gasteiger partial charge in [0.05, 0.1) is 5.56 Å². The van der Waals surface area contributed by atoms with Crippen LogP contribution in [0.1, 0.15) is 42.5 Å². The van der Waals surface area contributed by atoms with Gasteiger partial charge in [-0.25, -0.2) is 4.79 Å². The van der Waals surface area contributed by atoms with E-state index in [-0.39, 0.29) is 5.56 Å². The molecule has 142 valence electrons. The Morgan fingerprint density at radius 2 is 1.85 bits per heavy atom. The number of allylic oxidation sites excluding steroid dienone is 1. The second kappa shape index (κ2) is 9.26. The van der Waals surface area contributed by atoms with Crippen molar-refractivity contribution in [3.63, 3.8) is 0 Å². The van der Waals surface area contributed by atoms with Gasteiger partial charge in [0, 0.05) is 6.54 Å². The summed E-state index contributed by atoms with van der Waals surface area (Å²) < 4.78 is 44.8. The summed E-state index contributed by atoms with van der Waals surface area (Å²) in [4.78, 5) is 23.5. The van der Waals surface area contributed by atoms with Gasteiger partial charge in [0.15, 0.2) is 6.61 Å². The Morgan fingerprint density at radius 1 is 1.12 bits per heavy atom. The van der Waals surface area contributed by atoms with Gasteiger partial charge in [-0.15, -0.1) is 13.2 Å². The normalized spacial score (nSPS) is 14.3. The summed E-state index contributed by atoms with van der Waals surface area (Å²) in [6.45, 7) is 0.0321. The van der Waals surface area contributed by atoms with E-state index in [4.69, 9.17) is 4.74 Å². The number of halogens is 3. The minimum Gasteiger partial charge on any atom is -0.452 e. The van der Waals surface area contributed by atoms with Crippen LogP contribution in [0.2, 0.25) is 0 Å². The minimum absolute atomic E-state index is 0.0275. The first-order chi connectivity index (χ1) is 12.3. The lowest BCUT2D eigenvalue weighted by atomic mass is 9.97. The van der Waals surface area contributed by atoms with Gasteiger partial charge in [-0.05, 0) is 56.4 Å². The average Bonchev–Trinajstić information content (AvgIpc) is 2.60. The number of nitrogens with one attached hydrogen (secondary N) is 1. The first kappa shape index (κ1) is 19.8. The quantitative estimate of drug-likeness (QED) is 0.586. The minimum atomic E-state index is -4.80. The number of carbonyl (C=O) groups excluding carboxylic acids is 2. The molecule has 0 unspecified atom stereocenters. The molecule has 0 radical (unpaired) electrons. The standard InChI is InChI=1S/C18H20F3NO4/c19-18(20,21)26-15-8-6-14(7-9-15)17(24)25-12-16(23)22-11-10-13-4-2-1-3-5-13/h4,6-9H,1-3,5,10-12H2,(H,22,23). The van der Waals surface area contributed by atoms with Gasteiger partial charge in [-0.1, -0.05) is 11.6 Å². The molecular weight excluding hydrogens is 351 g/mol. The van der Waals surface area contributed by atoms with E-state index >= 15 is 0 Å². The largest absolute Gasteiger partial charge is 0.573 e. The molecule has 0 atom stereocenters. The van der Waals surface area contributed by atoms with E-state index in [2.05, 4.69) is 16.1 Å². The van der Waals surface area contributed by atoms with E-state index in [9.17, 15) is 22.8 Å². The Morgan fingerprint density at radius 3 is 2.46 bits per heavy atom. The highest BCUT2D eigenvalue weighted by Gasteiger charge is 2.31. The lowest BCUT2D eigenvalue weighted by molar-refractivity contribution is -0.274. The third-order valence-corrected chi connectivity index (χ3v) is 3.81. The predicted octanol–water partition coefficient (Wildman–Crippen LogP) is 3.75. The van der Waals surface area contributed by atoms with Gasteiger partial charge in [0.25, 0.3) is 5.91 Å². The van der Waals surface area contributed by atoms with Gasteiger partial charge >= 0.3 is 12.3 Å². The summed E-state index contributed by atoms with van der Waals surface area (Å²) in [5.41, 5.74) is 1.36. The zero-order valence-electron chi connectivity index (χ0n) is 14.1. The third-order valence-electron chi connectivity index (χ3n) is 3.81. The van der Waals surface area contributed by atoms with Crippen molar-refractivity contribution in [1.82, 2.24) is 5.32 Å². The summed E-state index contributed by atoms with van der Waals surface area (Å²) >= 11 is 0. The highest BCUT2D eigenvalue weighted by Crippen LogP contribution is 2.23. The molecular formula is C18H20F3NO4. The molecule has 1 aromatic carbocycles. The summed E-state index contributed by atoms with van der Waals surface area (Å²) in [7, 11) is 0. The highest BCUT2D eigenvalue weighted by molar-refractivity contribution is 5.91. The maximum atomic E-state index is 12.1. The highest BCUT2D eigenvalue weighted by atomic mass is 19.4. The average molecular weight is 371 g/mol. The number of esters is 1. The van der Waals surface area contributed by atoms with E-state index in [1.54, 1.807) is 0 Å². The van der Waals surface area contributed by atoms with E-state index in [0.717, 1.165) is 43.5 Å². The zero-order chi connectivity index (χ0) is 19.0. The van der Waals surface area contributed by atoms with E-state index in [1.807, 2.05) is 0 Å². The molecule has 0 fully saturated rings. The fourth-order valence-electron chi connectivity index (χ4n) is 2.55. The SMILES string of the molecule is O=C(COC(=O)c1ccc(OC(F)(F)F)cc1)NCCC1=CCCCC1. The second-order valence-corrected chi connectivity index (χ2v) is 5.86. The van der Waals surface area contributed by atoms with Crippen LogP contribution in [0.5, 0.6) is 5.75 Å². The summed E-state index contributed by atoms with van der Waals surface area (Å²) in [6, 6.07) is 4.28. The Balaban J connectivity index is 1.70. The number of hydrogen-bond acceptors (Lipinski definition) is 4. The number of carbonyl (C=O) groups is 2. The summed E-state index contributed by atoms with van der Waals surface area (Å²) in [5.74, 6) is -1.66. The van der Waals surface area contributed by atoms with Crippen molar-refractivity contribution >= 4 is 11.9 Å². The van der Waals surface area contributed by atoms with Crippen molar-refractivity contribution in [3.05, 3.63) is 41.5 Å². The maximum absolute atomic E-state index is 12.1. The molecule has 0 aliphatic heterocycles. The smallest absolute Gasteiger partial charge is 0.452 e. The van der Waals surface area contributed by atoms with Crippen LogP contribution >= 0.6 is 0 Å². The number of amides is 1. The van der Waals surface area contributed by atoms with Crippen LogP contribution in [-0.2, 0) is 9.53 Å². The van der Waals surface area contributed by atoms with Crippen molar-refractivity contribution in [1.29, 1.82) is 0 Å². The molecule has 1 aliphatic carbocycles. The van der Waals surface area contributed by atoms with Gasteiger partial charge in [0.1, 0.15) is 5.75 Å². The molecule has 5 nitrogen and oxygen atoms in total. The molecule has 0 saturated carbocycles. The van der Waals surface area contributed by atoms with Gasteiger partial charge in [-0.2, -0.15) is 0 Å². The molecule has 26 heavy (non-hydrogen) atoms. The van der Waals surface area contributed by atoms with Crippen LogP contribution in [0.15, 0.2) is 35.9 Å². The molecule has 1 aliphatic rings. The van der Waals surface area contributed by atoms with Crippen LogP contribution in [-0.4, -0.2) is 31.4 Å². The van der Waals surface area contributed by atoms with Crippen molar-refractivity contribution in [2.75, 3.05) is 13.2 Å². The molecule has 0 spiro atoms. The van der Waals surface area contributed by atoms with E-state index in [0.29, 0.717) is 6.54 Å². The molecule has 0 aromatic heterocycles. The molecule has 0 heterocycles. The zero-order valence-corrected chi connectivity index (χ0v) is 14.1. The van der Waals surface area contributed by atoms with Crippen molar-refractivity contribution in [3.8, 4) is 5.75 Å². The molecule has 1 amide bonds. The maximum Gasteiger partial charge on any atom is 0.573 e. The topological polar surface area (TPSA) is 64.6 Å². The van der Waals surface area contributed by atoms with Crippen molar-refractivity contribution in [2.24, 2.45) is 0 Å². The molecule has 8 heteroatoms. The number of hydrogen-bond donors (Lipinski definition) is 1. The molecule has 0 bridgehead atoms. The fraction of sp³-hybridized carbons (Fsp3) is 0.444. The lowest BCUT2D eigenvalue weighted by Gasteiger charge is -2.13. The molecule has 0 saturated heterocycles. The van der Waals surface area contributed by atoms with Gasteiger partial charge in [0.2, 0.25) is 0 Å². The number of ether oxygens (including phenoxy) is 2. The summed E-state index contributed by atoms with van der Waals surface area (Å²) in [6.07, 6.45) is 2.68. The van der Waals surface area contributed by atoms with Gasteiger partial charge in [-0.3, -0.25) is 4.79 Å². The predicted molar refractivity (Wildman–Crippen MR) is 87.6 cm³/mol. The van der Waals surface area contributed by atoms with E-state index in [1.165, 1.54) is 18.4 Å². The Labute approximate surface area is 149 Å². The van der Waals surface area contributed by atoms with Crippen LogP contribution in [0.4, 0.5) is 13.2 Å². The molecule has 1 aromatic rings. The van der Waals surface area contributed by atoms with E-state index < -0.39 is 30.6 Å². The third kappa shape index (κ3) is 7.16. The Kier molecular flexibility index (Phi) is 7.06. The van der Waals surface area contributed by atoms with Crippen molar-refractivity contribution in [2.45, 2.75) is 38.5 Å². The molecule has 2 rings (SSSR count). The number of rotatable bonds is 7.